The molecule has 1 saturated carbocycles. The minimum absolute atomic E-state index is 0.211. The van der Waals surface area contributed by atoms with E-state index in [9.17, 15) is 4.79 Å². The van der Waals surface area contributed by atoms with Gasteiger partial charge in [-0.2, -0.15) is 0 Å². The third kappa shape index (κ3) is 3.13. The van der Waals surface area contributed by atoms with Gasteiger partial charge in [-0.25, -0.2) is 19.7 Å². The second kappa shape index (κ2) is 5.68. The third-order valence-corrected chi connectivity index (χ3v) is 3.84. The number of carbonyl (C=O) groups excluding carboxylic acids is 1. The van der Waals surface area contributed by atoms with Crippen molar-refractivity contribution in [2.24, 2.45) is 5.92 Å². The van der Waals surface area contributed by atoms with Crippen LogP contribution in [0.3, 0.4) is 0 Å². The van der Waals surface area contributed by atoms with Crippen LogP contribution in [0.5, 0.6) is 0 Å². The Hall–Kier alpha value is -2.96. The second-order valence-electron chi connectivity index (χ2n) is 5.71. The van der Waals surface area contributed by atoms with E-state index in [-0.39, 0.29) is 6.03 Å². The molecule has 0 bridgehead atoms. The van der Waals surface area contributed by atoms with Gasteiger partial charge in [-0.05, 0) is 36.5 Å². The lowest BCUT2D eigenvalue weighted by Crippen LogP contribution is -2.30. The molecule has 7 heteroatoms. The Morgan fingerprint density at radius 2 is 2.09 bits per heavy atom. The molecule has 3 aromatic rings. The molecule has 7 nitrogen and oxygen atoms in total. The minimum Gasteiger partial charge on any atom is -0.338 e. The van der Waals surface area contributed by atoms with E-state index in [1.165, 1.54) is 19.2 Å². The van der Waals surface area contributed by atoms with Crippen molar-refractivity contribution >= 4 is 17.5 Å². The van der Waals surface area contributed by atoms with Crippen LogP contribution in [-0.2, 0) is 0 Å². The van der Waals surface area contributed by atoms with E-state index in [2.05, 4.69) is 25.6 Å². The summed E-state index contributed by atoms with van der Waals surface area (Å²) in [7, 11) is 0. The number of nitrogens with zero attached hydrogens (tertiary/aromatic N) is 4. The van der Waals surface area contributed by atoms with Gasteiger partial charge < -0.3 is 9.72 Å². The summed E-state index contributed by atoms with van der Waals surface area (Å²) in [6.07, 6.45) is 11.1. The van der Waals surface area contributed by atoms with Gasteiger partial charge >= 0.3 is 6.03 Å². The van der Waals surface area contributed by atoms with Gasteiger partial charge in [0, 0.05) is 30.7 Å². The van der Waals surface area contributed by atoms with Crippen molar-refractivity contribution in [3.05, 3.63) is 43.2 Å². The molecule has 0 saturated heterocycles. The molecule has 3 aromatic heterocycles. The van der Waals surface area contributed by atoms with E-state index in [1.54, 1.807) is 18.6 Å². The molecular weight excluding hydrogens is 292 g/mol. The van der Waals surface area contributed by atoms with Gasteiger partial charge in [0.05, 0.1) is 6.20 Å². The van der Waals surface area contributed by atoms with Crippen LogP contribution in [0.15, 0.2) is 43.2 Å². The van der Waals surface area contributed by atoms with Crippen molar-refractivity contribution in [1.29, 1.82) is 0 Å². The maximum atomic E-state index is 11.8. The Morgan fingerprint density at radius 1 is 1.26 bits per heavy atom. The molecule has 2 amide bonds. The summed E-state index contributed by atoms with van der Waals surface area (Å²) in [5, 5.41) is 5.63. The number of hydrogen-bond acceptors (Lipinski definition) is 4. The molecule has 116 valence electrons. The van der Waals surface area contributed by atoms with E-state index < -0.39 is 0 Å². The summed E-state index contributed by atoms with van der Waals surface area (Å²) in [5.74, 6) is 1.18. The molecular formula is C16H16N6O. The Labute approximate surface area is 132 Å². The number of urea groups is 1. The summed E-state index contributed by atoms with van der Waals surface area (Å²) in [5.41, 5.74) is 2.66. The number of anilines is 1. The number of hydrogen-bond donors (Lipinski definition) is 2. The van der Waals surface area contributed by atoms with Crippen LogP contribution in [0.25, 0.3) is 16.8 Å². The van der Waals surface area contributed by atoms with Gasteiger partial charge in [-0.3, -0.25) is 5.32 Å². The maximum Gasteiger partial charge on any atom is 0.320 e. The predicted octanol–water partition coefficient (Wildman–Crippen LogP) is 2.32. The molecule has 0 radical (unpaired) electrons. The molecule has 2 N–H and O–H groups in total. The highest BCUT2D eigenvalue weighted by molar-refractivity contribution is 5.88. The van der Waals surface area contributed by atoms with Gasteiger partial charge in [0.1, 0.15) is 12.0 Å². The molecule has 0 aliphatic heterocycles. The Bertz CT molecular complexity index is 840. The van der Waals surface area contributed by atoms with Gasteiger partial charge in [0.2, 0.25) is 0 Å². The molecule has 0 atom stereocenters. The molecule has 1 aliphatic rings. The molecule has 3 heterocycles. The normalized spacial score (nSPS) is 13.9. The van der Waals surface area contributed by atoms with Crippen LogP contribution < -0.4 is 10.6 Å². The van der Waals surface area contributed by atoms with E-state index in [4.69, 9.17) is 0 Å². The zero-order valence-corrected chi connectivity index (χ0v) is 12.4. The number of fused-ring (bicyclic) bond motifs is 1. The zero-order chi connectivity index (χ0) is 15.6. The molecule has 0 unspecified atom stereocenters. The highest BCUT2D eigenvalue weighted by Crippen LogP contribution is 2.27. The smallest absolute Gasteiger partial charge is 0.320 e. The van der Waals surface area contributed by atoms with Crippen molar-refractivity contribution in [2.75, 3.05) is 11.9 Å². The molecule has 4 rings (SSSR count). The van der Waals surface area contributed by atoms with Crippen LogP contribution in [-0.4, -0.2) is 31.9 Å². The van der Waals surface area contributed by atoms with Crippen molar-refractivity contribution in [1.82, 2.24) is 24.7 Å². The largest absolute Gasteiger partial charge is 0.338 e. The monoisotopic (exact) mass is 308 g/mol. The first-order valence-corrected chi connectivity index (χ1v) is 7.57. The van der Waals surface area contributed by atoms with Crippen LogP contribution in [0.1, 0.15) is 12.8 Å². The van der Waals surface area contributed by atoms with Crippen LogP contribution in [0.4, 0.5) is 10.6 Å². The second-order valence-corrected chi connectivity index (χ2v) is 5.71. The first-order valence-electron chi connectivity index (χ1n) is 7.57. The number of pyridine rings is 1. The van der Waals surface area contributed by atoms with Gasteiger partial charge in [-0.1, -0.05) is 0 Å². The standard InChI is InChI=1S/C16H16N6O/c23-16(19-6-11-1-2-11)21-14-9-22-4-3-12(5-15(22)20-14)13-7-17-10-18-8-13/h3-5,7-11H,1-2,6H2,(H2,19,21,23). The van der Waals surface area contributed by atoms with Crippen molar-refractivity contribution < 1.29 is 4.79 Å². The summed E-state index contributed by atoms with van der Waals surface area (Å²) >= 11 is 0. The zero-order valence-electron chi connectivity index (χ0n) is 12.4. The average molecular weight is 308 g/mol. The van der Waals surface area contributed by atoms with Crippen molar-refractivity contribution in [3.8, 4) is 11.1 Å². The number of imidazole rings is 1. The van der Waals surface area contributed by atoms with E-state index in [0.717, 1.165) is 23.3 Å². The lowest BCUT2D eigenvalue weighted by Gasteiger charge is -2.03. The Morgan fingerprint density at radius 3 is 2.87 bits per heavy atom. The summed E-state index contributed by atoms with van der Waals surface area (Å²) in [6, 6.07) is 3.69. The highest BCUT2D eigenvalue weighted by atomic mass is 16.2. The molecule has 0 spiro atoms. The number of rotatable bonds is 4. The van der Waals surface area contributed by atoms with Crippen molar-refractivity contribution in [3.63, 3.8) is 0 Å². The highest BCUT2D eigenvalue weighted by Gasteiger charge is 2.21. The van der Waals surface area contributed by atoms with E-state index in [0.29, 0.717) is 11.7 Å². The number of aromatic nitrogens is 4. The summed E-state index contributed by atoms with van der Waals surface area (Å²) in [4.78, 5) is 24.3. The fourth-order valence-corrected chi connectivity index (χ4v) is 2.39. The summed E-state index contributed by atoms with van der Waals surface area (Å²) < 4.78 is 1.86. The Balaban J connectivity index is 1.52. The fourth-order valence-electron chi connectivity index (χ4n) is 2.39. The van der Waals surface area contributed by atoms with Gasteiger partial charge in [0.25, 0.3) is 0 Å². The van der Waals surface area contributed by atoms with Gasteiger partial charge in [-0.15, -0.1) is 0 Å². The van der Waals surface area contributed by atoms with Gasteiger partial charge in [0.15, 0.2) is 5.82 Å². The Kier molecular flexibility index (Phi) is 3.38. The topological polar surface area (TPSA) is 84.2 Å². The lowest BCUT2D eigenvalue weighted by molar-refractivity contribution is 0.251. The van der Waals surface area contributed by atoms with Crippen LogP contribution >= 0.6 is 0 Å². The van der Waals surface area contributed by atoms with Crippen molar-refractivity contribution in [2.45, 2.75) is 12.8 Å². The van der Waals surface area contributed by atoms with Crippen LogP contribution in [0.2, 0.25) is 0 Å². The predicted molar refractivity (Wildman–Crippen MR) is 86.0 cm³/mol. The molecule has 1 aliphatic carbocycles. The average Bonchev–Trinajstić information content (AvgIpc) is 3.32. The minimum atomic E-state index is -0.211. The number of amides is 2. The first-order chi connectivity index (χ1) is 11.3. The van der Waals surface area contributed by atoms with Crippen LogP contribution in [0, 0.1) is 5.92 Å². The third-order valence-electron chi connectivity index (χ3n) is 3.84. The maximum absolute atomic E-state index is 11.8. The molecule has 1 fully saturated rings. The van der Waals surface area contributed by atoms with E-state index in [1.807, 2.05) is 22.7 Å². The summed E-state index contributed by atoms with van der Waals surface area (Å²) in [6.45, 7) is 0.733. The molecule has 23 heavy (non-hydrogen) atoms. The molecule has 0 aromatic carbocycles. The number of carbonyl (C=O) groups is 1. The SMILES string of the molecule is O=C(NCC1CC1)Nc1cn2ccc(-c3cncnc3)cc2n1. The fraction of sp³-hybridized carbons (Fsp3) is 0.250. The lowest BCUT2D eigenvalue weighted by atomic mass is 10.1. The van der Waals surface area contributed by atoms with E-state index >= 15 is 0 Å². The quantitative estimate of drug-likeness (QED) is 0.774. The number of nitrogens with one attached hydrogen (secondary N) is 2. The first kappa shape index (κ1) is 13.7.